The molecule has 0 unspecified atom stereocenters. The van der Waals surface area contributed by atoms with E-state index in [2.05, 4.69) is 10.3 Å². The highest BCUT2D eigenvalue weighted by Crippen LogP contribution is 2.16. The summed E-state index contributed by atoms with van der Waals surface area (Å²) in [6.45, 7) is 1.77. The third kappa shape index (κ3) is 2.53. The fraction of sp³-hybridized carbons (Fsp3) is 0.231. The van der Waals surface area contributed by atoms with Gasteiger partial charge < -0.3 is 10.2 Å². The van der Waals surface area contributed by atoms with Crippen molar-refractivity contribution in [2.24, 2.45) is 4.99 Å². The van der Waals surface area contributed by atoms with Crippen LogP contribution in [-0.4, -0.2) is 25.8 Å². The Labute approximate surface area is 101 Å². The average Bonchev–Trinajstić information content (AvgIpc) is 2.58. The number of rotatable bonds is 2. The Bertz CT molecular complexity index is 498. The van der Waals surface area contributed by atoms with E-state index in [1.165, 1.54) is 0 Å². The van der Waals surface area contributed by atoms with Gasteiger partial charge >= 0.3 is 0 Å². The minimum atomic E-state index is -0.140. The summed E-state index contributed by atoms with van der Waals surface area (Å²) in [6, 6.07) is 7.96. The first kappa shape index (κ1) is 11.4. The molecule has 0 aliphatic carbocycles. The molecule has 0 aromatic heterocycles. The molecular formula is C13H15N3O. The molecule has 1 amide bonds. The molecule has 0 atom stereocenters. The number of amides is 1. The van der Waals surface area contributed by atoms with E-state index >= 15 is 0 Å². The van der Waals surface area contributed by atoms with Gasteiger partial charge in [-0.15, -0.1) is 0 Å². The monoisotopic (exact) mass is 229 g/mol. The highest BCUT2D eigenvalue weighted by atomic mass is 16.2. The minimum absolute atomic E-state index is 0.140. The van der Waals surface area contributed by atoms with E-state index < -0.39 is 0 Å². The smallest absolute Gasteiger partial charge is 0.275 e. The molecule has 0 saturated carbocycles. The first-order valence-electron chi connectivity index (χ1n) is 5.42. The zero-order chi connectivity index (χ0) is 12.4. The highest BCUT2D eigenvalue weighted by Gasteiger charge is 2.16. The molecule has 17 heavy (non-hydrogen) atoms. The van der Waals surface area contributed by atoms with Crippen LogP contribution in [-0.2, 0) is 4.79 Å². The molecule has 1 aromatic rings. The van der Waals surface area contributed by atoms with Gasteiger partial charge in [0, 0.05) is 19.8 Å². The van der Waals surface area contributed by atoms with Crippen molar-refractivity contribution >= 4 is 23.5 Å². The first-order valence-corrected chi connectivity index (χ1v) is 5.42. The van der Waals surface area contributed by atoms with Gasteiger partial charge in [0.2, 0.25) is 0 Å². The molecule has 0 spiro atoms. The number of amidine groups is 1. The number of hydrogen-bond acceptors (Lipinski definition) is 3. The Morgan fingerprint density at radius 3 is 2.35 bits per heavy atom. The van der Waals surface area contributed by atoms with E-state index in [1.807, 2.05) is 43.3 Å². The highest BCUT2D eigenvalue weighted by molar-refractivity contribution is 6.13. The molecule has 1 heterocycles. The fourth-order valence-corrected chi connectivity index (χ4v) is 1.61. The maximum Gasteiger partial charge on any atom is 0.275 e. The zero-order valence-electron chi connectivity index (χ0n) is 10.2. The zero-order valence-corrected chi connectivity index (χ0v) is 10.2. The largest absolute Gasteiger partial charge is 0.378 e. The molecule has 4 heteroatoms. The normalized spacial score (nSPS) is 17.0. The first-order chi connectivity index (χ1) is 8.06. The molecule has 0 radical (unpaired) electrons. The molecule has 1 N–H and O–H groups in total. The lowest BCUT2D eigenvalue weighted by Gasteiger charge is -2.11. The second-order valence-corrected chi connectivity index (χ2v) is 4.17. The number of carbonyl (C=O) groups is 1. The fourth-order valence-electron chi connectivity index (χ4n) is 1.61. The molecule has 88 valence electrons. The topological polar surface area (TPSA) is 44.7 Å². The van der Waals surface area contributed by atoms with Crippen LogP contribution < -0.4 is 10.2 Å². The van der Waals surface area contributed by atoms with Gasteiger partial charge in [-0.3, -0.25) is 4.79 Å². The van der Waals surface area contributed by atoms with Crippen LogP contribution in [0.5, 0.6) is 0 Å². The Morgan fingerprint density at radius 1 is 1.24 bits per heavy atom. The van der Waals surface area contributed by atoms with Crippen LogP contribution in [0.2, 0.25) is 0 Å². The van der Waals surface area contributed by atoms with E-state index in [9.17, 15) is 4.79 Å². The second-order valence-electron chi connectivity index (χ2n) is 4.17. The predicted octanol–water partition coefficient (Wildman–Crippen LogP) is 1.64. The molecule has 2 rings (SSSR count). The van der Waals surface area contributed by atoms with Crippen LogP contribution in [0.1, 0.15) is 12.5 Å². The van der Waals surface area contributed by atoms with Crippen LogP contribution in [0.3, 0.4) is 0 Å². The lowest BCUT2D eigenvalue weighted by molar-refractivity contribution is -0.115. The molecule has 0 saturated heterocycles. The summed E-state index contributed by atoms with van der Waals surface area (Å²) < 4.78 is 0. The van der Waals surface area contributed by atoms with Gasteiger partial charge in [-0.05, 0) is 30.7 Å². The van der Waals surface area contributed by atoms with Crippen molar-refractivity contribution in [3.05, 3.63) is 35.5 Å². The van der Waals surface area contributed by atoms with Crippen molar-refractivity contribution in [2.75, 3.05) is 19.0 Å². The van der Waals surface area contributed by atoms with Crippen molar-refractivity contribution in [3.63, 3.8) is 0 Å². The van der Waals surface area contributed by atoms with Crippen LogP contribution in [0, 0.1) is 0 Å². The van der Waals surface area contributed by atoms with Crippen LogP contribution >= 0.6 is 0 Å². The maximum absolute atomic E-state index is 11.5. The lowest BCUT2D eigenvalue weighted by Crippen LogP contribution is -2.21. The van der Waals surface area contributed by atoms with E-state index in [0.717, 1.165) is 11.3 Å². The van der Waals surface area contributed by atoms with Gasteiger partial charge in [0.15, 0.2) is 0 Å². The third-order valence-corrected chi connectivity index (χ3v) is 2.53. The van der Waals surface area contributed by atoms with Gasteiger partial charge in [-0.2, -0.15) is 0 Å². The van der Waals surface area contributed by atoms with E-state index in [0.29, 0.717) is 11.5 Å². The van der Waals surface area contributed by atoms with Crippen molar-refractivity contribution in [1.29, 1.82) is 0 Å². The van der Waals surface area contributed by atoms with Gasteiger partial charge in [0.05, 0.1) is 0 Å². The SMILES string of the molecule is CC1=N/C(=C/c2ccc(N(C)C)cc2)C(=O)N1. The number of hydrogen-bond donors (Lipinski definition) is 1. The Morgan fingerprint density at radius 2 is 1.88 bits per heavy atom. The molecule has 1 aliphatic heterocycles. The summed E-state index contributed by atoms with van der Waals surface area (Å²) in [4.78, 5) is 17.6. The maximum atomic E-state index is 11.5. The molecule has 1 aliphatic rings. The summed E-state index contributed by atoms with van der Waals surface area (Å²) in [5.74, 6) is 0.505. The summed E-state index contributed by atoms with van der Waals surface area (Å²) in [6.07, 6.45) is 1.78. The van der Waals surface area contributed by atoms with Gasteiger partial charge in [-0.1, -0.05) is 12.1 Å². The Balaban J connectivity index is 2.25. The number of carbonyl (C=O) groups excluding carboxylic acids is 1. The van der Waals surface area contributed by atoms with Crippen LogP contribution in [0.4, 0.5) is 5.69 Å². The Hall–Kier alpha value is -2.10. The van der Waals surface area contributed by atoms with E-state index in [-0.39, 0.29) is 5.91 Å². The van der Waals surface area contributed by atoms with Crippen LogP contribution in [0.15, 0.2) is 35.0 Å². The minimum Gasteiger partial charge on any atom is -0.378 e. The number of anilines is 1. The number of benzene rings is 1. The van der Waals surface area contributed by atoms with Gasteiger partial charge in [-0.25, -0.2) is 4.99 Å². The number of nitrogens with one attached hydrogen (secondary N) is 1. The molecule has 0 bridgehead atoms. The van der Waals surface area contributed by atoms with Crippen molar-refractivity contribution in [2.45, 2.75) is 6.92 Å². The summed E-state index contributed by atoms with van der Waals surface area (Å²) in [5, 5.41) is 2.65. The third-order valence-electron chi connectivity index (χ3n) is 2.53. The number of aliphatic imine (C=N–C) groups is 1. The van der Waals surface area contributed by atoms with E-state index in [1.54, 1.807) is 13.0 Å². The number of nitrogens with zero attached hydrogens (tertiary/aromatic N) is 2. The second kappa shape index (κ2) is 4.41. The average molecular weight is 229 g/mol. The predicted molar refractivity (Wildman–Crippen MR) is 70.0 cm³/mol. The summed E-state index contributed by atoms with van der Waals surface area (Å²) in [5.41, 5.74) is 2.56. The van der Waals surface area contributed by atoms with Gasteiger partial charge in [0.25, 0.3) is 5.91 Å². The standard InChI is InChI=1S/C13H15N3O/c1-9-14-12(13(17)15-9)8-10-4-6-11(7-5-10)16(2)3/h4-8H,1-3H3,(H,14,15,17)/b12-8+. The lowest BCUT2D eigenvalue weighted by atomic mass is 10.1. The molecule has 0 fully saturated rings. The molecule has 4 nitrogen and oxygen atoms in total. The van der Waals surface area contributed by atoms with Gasteiger partial charge in [0.1, 0.15) is 11.5 Å². The summed E-state index contributed by atoms with van der Waals surface area (Å²) in [7, 11) is 3.98. The molecular weight excluding hydrogens is 214 g/mol. The van der Waals surface area contributed by atoms with Crippen LogP contribution in [0.25, 0.3) is 6.08 Å². The Kier molecular flexibility index (Phi) is 2.95. The van der Waals surface area contributed by atoms with Crippen molar-refractivity contribution in [1.82, 2.24) is 5.32 Å². The van der Waals surface area contributed by atoms with Crippen molar-refractivity contribution in [3.8, 4) is 0 Å². The summed E-state index contributed by atoms with van der Waals surface area (Å²) >= 11 is 0. The van der Waals surface area contributed by atoms with E-state index in [4.69, 9.17) is 0 Å². The quantitative estimate of drug-likeness (QED) is 0.783. The molecule has 1 aromatic carbocycles. The van der Waals surface area contributed by atoms with Crippen molar-refractivity contribution < 1.29 is 4.79 Å².